The van der Waals surface area contributed by atoms with Gasteiger partial charge in [-0.2, -0.15) is 0 Å². The first-order chi connectivity index (χ1) is 8.19. The summed E-state index contributed by atoms with van der Waals surface area (Å²) in [4.78, 5) is 0. The van der Waals surface area contributed by atoms with Gasteiger partial charge in [-0.05, 0) is 26.5 Å². The highest BCUT2D eigenvalue weighted by Crippen LogP contribution is 2.20. The van der Waals surface area contributed by atoms with E-state index >= 15 is 0 Å². The number of hydrogen-bond donors (Lipinski definition) is 1. The Morgan fingerprint density at radius 2 is 2.18 bits per heavy atom. The molecule has 1 aromatic carbocycles. The summed E-state index contributed by atoms with van der Waals surface area (Å²) in [6, 6.07) is 8.80. The highest BCUT2D eigenvalue weighted by molar-refractivity contribution is 7.11. The molecule has 1 atom stereocenters. The molecule has 0 bridgehead atoms. The van der Waals surface area contributed by atoms with E-state index in [1.54, 1.807) is 11.3 Å². The summed E-state index contributed by atoms with van der Waals surface area (Å²) in [6.07, 6.45) is 0.871. The van der Waals surface area contributed by atoms with Crippen LogP contribution < -0.4 is 5.32 Å². The minimum absolute atomic E-state index is 0.277. The lowest BCUT2D eigenvalue weighted by Crippen LogP contribution is -2.11. The van der Waals surface area contributed by atoms with E-state index in [0.29, 0.717) is 0 Å². The van der Waals surface area contributed by atoms with E-state index in [0.717, 1.165) is 16.4 Å². The van der Waals surface area contributed by atoms with Crippen LogP contribution in [0.4, 0.5) is 0 Å². The van der Waals surface area contributed by atoms with Crippen molar-refractivity contribution >= 4 is 11.3 Å². The molecule has 0 radical (unpaired) electrons. The fourth-order valence-corrected chi connectivity index (χ4v) is 2.57. The minimum atomic E-state index is 0.277. The smallest absolute Gasteiger partial charge is 0.134 e. The van der Waals surface area contributed by atoms with Gasteiger partial charge in [0.1, 0.15) is 10.0 Å². The van der Waals surface area contributed by atoms with Crippen molar-refractivity contribution in [2.75, 3.05) is 7.05 Å². The molecule has 0 saturated heterocycles. The summed E-state index contributed by atoms with van der Waals surface area (Å²) in [5.74, 6) is 0. The topological polar surface area (TPSA) is 37.8 Å². The lowest BCUT2D eigenvalue weighted by molar-refractivity contribution is 0.639. The summed E-state index contributed by atoms with van der Waals surface area (Å²) >= 11 is 1.68. The van der Waals surface area contributed by atoms with Crippen LogP contribution in [0.1, 0.15) is 34.1 Å². The molecular weight excluding hydrogens is 230 g/mol. The molecule has 90 valence electrons. The molecule has 17 heavy (non-hydrogen) atoms. The zero-order chi connectivity index (χ0) is 12.3. The number of nitrogens with one attached hydrogen (secondary N) is 1. The van der Waals surface area contributed by atoms with Gasteiger partial charge in [0.25, 0.3) is 0 Å². The van der Waals surface area contributed by atoms with Crippen LogP contribution >= 0.6 is 11.3 Å². The van der Waals surface area contributed by atoms with Gasteiger partial charge >= 0.3 is 0 Å². The van der Waals surface area contributed by atoms with E-state index in [-0.39, 0.29) is 6.04 Å². The van der Waals surface area contributed by atoms with E-state index in [4.69, 9.17) is 0 Å². The van der Waals surface area contributed by atoms with Gasteiger partial charge in [0.05, 0.1) is 6.04 Å². The van der Waals surface area contributed by atoms with Crippen LogP contribution in [0.2, 0.25) is 0 Å². The number of nitrogens with zero attached hydrogens (tertiary/aromatic N) is 2. The lowest BCUT2D eigenvalue weighted by atomic mass is 10.1. The molecule has 1 heterocycles. The Morgan fingerprint density at radius 1 is 1.35 bits per heavy atom. The molecule has 0 fully saturated rings. The maximum absolute atomic E-state index is 4.24. The van der Waals surface area contributed by atoms with Crippen LogP contribution in [0.3, 0.4) is 0 Å². The van der Waals surface area contributed by atoms with Gasteiger partial charge in [-0.25, -0.2) is 0 Å². The summed E-state index contributed by atoms with van der Waals surface area (Å²) in [6.45, 7) is 4.20. The van der Waals surface area contributed by atoms with Crippen LogP contribution in [0, 0.1) is 6.92 Å². The molecule has 1 unspecified atom stereocenters. The number of hydrogen-bond acceptors (Lipinski definition) is 4. The third kappa shape index (κ3) is 3.11. The highest BCUT2D eigenvalue weighted by Gasteiger charge is 2.10. The molecule has 2 aromatic rings. The van der Waals surface area contributed by atoms with Crippen molar-refractivity contribution in [3.05, 3.63) is 45.4 Å². The predicted octanol–water partition coefficient (Wildman–Crippen LogP) is 2.72. The molecule has 3 nitrogen and oxygen atoms in total. The second-order valence-corrected chi connectivity index (χ2v) is 5.30. The third-order valence-corrected chi connectivity index (χ3v) is 3.83. The molecule has 1 aromatic heterocycles. The zero-order valence-electron chi connectivity index (χ0n) is 10.4. The molecular formula is C13H17N3S. The normalized spacial score (nSPS) is 12.6. The van der Waals surface area contributed by atoms with Crippen LogP contribution in [-0.4, -0.2) is 17.2 Å². The number of aromatic nitrogens is 2. The maximum atomic E-state index is 4.24. The fraction of sp³-hybridized carbons (Fsp3) is 0.385. The summed E-state index contributed by atoms with van der Waals surface area (Å²) < 4.78 is 0. The van der Waals surface area contributed by atoms with Gasteiger partial charge in [0.2, 0.25) is 0 Å². The Morgan fingerprint density at radius 3 is 2.88 bits per heavy atom. The van der Waals surface area contributed by atoms with Crippen LogP contribution in [0.25, 0.3) is 0 Å². The standard InChI is InChI=1S/C13H17N3S/c1-9-5-4-6-11(7-9)8-12-15-16-13(17-12)10(2)14-3/h4-7,10,14H,8H2,1-3H3. The first kappa shape index (κ1) is 12.2. The predicted molar refractivity (Wildman–Crippen MR) is 71.4 cm³/mol. The molecule has 2 rings (SSSR count). The second kappa shape index (κ2) is 5.38. The average molecular weight is 247 g/mol. The number of rotatable bonds is 4. The monoisotopic (exact) mass is 247 g/mol. The Hall–Kier alpha value is -1.26. The first-order valence-electron chi connectivity index (χ1n) is 5.74. The number of aryl methyl sites for hydroxylation is 1. The van der Waals surface area contributed by atoms with E-state index in [1.165, 1.54) is 11.1 Å². The van der Waals surface area contributed by atoms with Gasteiger partial charge in [0, 0.05) is 6.42 Å². The Labute approximate surface area is 106 Å². The largest absolute Gasteiger partial charge is 0.311 e. The van der Waals surface area contributed by atoms with E-state index in [1.807, 2.05) is 7.05 Å². The Kier molecular flexibility index (Phi) is 3.86. The third-order valence-electron chi connectivity index (χ3n) is 2.72. The zero-order valence-corrected chi connectivity index (χ0v) is 11.2. The van der Waals surface area contributed by atoms with Crippen molar-refractivity contribution in [3.8, 4) is 0 Å². The highest BCUT2D eigenvalue weighted by atomic mass is 32.1. The maximum Gasteiger partial charge on any atom is 0.134 e. The molecule has 0 amide bonds. The SMILES string of the molecule is CNC(C)c1nnc(Cc2cccc(C)c2)s1. The Balaban J connectivity index is 2.11. The van der Waals surface area contributed by atoms with Gasteiger partial charge in [0.15, 0.2) is 0 Å². The van der Waals surface area contributed by atoms with E-state index < -0.39 is 0 Å². The second-order valence-electron chi connectivity index (χ2n) is 4.21. The molecule has 4 heteroatoms. The Bertz CT molecular complexity index is 493. The molecule has 0 spiro atoms. The van der Waals surface area contributed by atoms with Crippen LogP contribution in [0.15, 0.2) is 24.3 Å². The molecule has 0 aliphatic carbocycles. The number of benzene rings is 1. The van der Waals surface area contributed by atoms with Gasteiger partial charge in [-0.1, -0.05) is 41.2 Å². The van der Waals surface area contributed by atoms with Crippen LogP contribution in [0.5, 0.6) is 0 Å². The van der Waals surface area contributed by atoms with Crippen molar-refractivity contribution < 1.29 is 0 Å². The molecule has 0 saturated carbocycles. The first-order valence-corrected chi connectivity index (χ1v) is 6.56. The molecule has 1 N–H and O–H groups in total. The molecule has 0 aliphatic rings. The van der Waals surface area contributed by atoms with Crippen molar-refractivity contribution in [1.29, 1.82) is 0 Å². The van der Waals surface area contributed by atoms with Crippen LogP contribution in [-0.2, 0) is 6.42 Å². The summed E-state index contributed by atoms with van der Waals surface area (Å²) in [7, 11) is 1.94. The molecule has 0 aliphatic heterocycles. The quantitative estimate of drug-likeness (QED) is 0.902. The van der Waals surface area contributed by atoms with Crippen molar-refractivity contribution in [1.82, 2.24) is 15.5 Å². The average Bonchev–Trinajstić information content (AvgIpc) is 2.76. The lowest BCUT2D eigenvalue weighted by Gasteiger charge is -2.03. The fourth-order valence-electron chi connectivity index (χ4n) is 1.63. The minimum Gasteiger partial charge on any atom is -0.311 e. The van der Waals surface area contributed by atoms with Gasteiger partial charge < -0.3 is 5.32 Å². The van der Waals surface area contributed by atoms with E-state index in [9.17, 15) is 0 Å². The van der Waals surface area contributed by atoms with Crippen molar-refractivity contribution in [2.24, 2.45) is 0 Å². The van der Waals surface area contributed by atoms with Gasteiger partial charge in [-0.15, -0.1) is 10.2 Å². The summed E-state index contributed by atoms with van der Waals surface area (Å²) in [5, 5.41) is 13.8. The summed E-state index contributed by atoms with van der Waals surface area (Å²) in [5.41, 5.74) is 2.58. The van der Waals surface area contributed by atoms with Crippen molar-refractivity contribution in [3.63, 3.8) is 0 Å². The van der Waals surface area contributed by atoms with Crippen molar-refractivity contribution in [2.45, 2.75) is 26.3 Å². The van der Waals surface area contributed by atoms with Gasteiger partial charge in [-0.3, -0.25) is 0 Å². The van der Waals surface area contributed by atoms with E-state index in [2.05, 4.69) is 53.6 Å².